The Balaban J connectivity index is 2.88. The van der Waals surface area contributed by atoms with Crippen LogP contribution >= 0.6 is 0 Å². The Morgan fingerprint density at radius 1 is 1.48 bits per heavy atom. The van der Waals surface area contributed by atoms with Gasteiger partial charge in [-0.25, -0.2) is 13.1 Å². The number of amides is 1. The molecule has 1 aromatic rings. The van der Waals surface area contributed by atoms with Crippen LogP contribution < -0.4 is 15.2 Å². The zero-order chi connectivity index (χ0) is 16.0. The maximum absolute atomic E-state index is 12.1. The largest absolute Gasteiger partial charge is 0.496 e. The molecule has 4 N–H and O–H groups in total. The SMILES string of the molecule is COc1ccc(S(=O)(=O)NCCCC(C)O)cc1C(N)=O. The summed E-state index contributed by atoms with van der Waals surface area (Å²) in [5, 5.41) is 9.11. The first kappa shape index (κ1) is 17.4. The molecule has 0 aliphatic heterocycles. The van der Waals surface area contributed by atoms with Gasteiger partial charge >= 0.3 is 0 Å². The van der Waals surface area contributed by atoms with Gasteiger partial charge in [-0.15, -0.1) is 0 Å². The average molecular weight is 316 g/mol. The molecule has 1 unspecified atom stereocenters. The van der Waals surface area contributed by atoms with Crippen molar-refractivity contribution in [2.24, 2.45) is 5.73 Å². The van der Waals surface area contributed by atoms with Crippen molar-refractivity contribution in [3.63, 3.8) is 0 Å². The molecule has 0 radical (unpaired) electrons. The summed E-state index contributed by atoms with van der Waals surface area (Å²) in [6.07, 6.45) is 0.532. The molecule has 0 aliphatic rings. The number of primary amides is 1. The Labute approximate surface area is 124 Å². The molecule has 7 nitrogen and oxygen atoms in total. The van der Waals surface area contributed by atoms with E-state index in [0.717, 1.165) is 0 Å². The molecule has 1 atom stereocenters. The minimum atomic E-state index is -3.73. The van der Waals surface area contributed by atoms with E-state index >= 15 is 0 Å². The average Bonchev–Trinajstić information content (AvgIpc) is 2.42. The summed E-state index contributed by atoms with van der Waals surface area (Å²) >= 11 is 0. The van der Waals surface area contributed by atoms with Crippen molar-refractivity contribution in [2.45, 2.75) is 30.8 Å². The maximum atomic E-state index is 12.1. The number of nitrogens with two attached hydrogens (primary N) is 1. The molecule has 8 heteroatoms. The second-order valence-corrected chi connectivity index (χ2v) is 6.38. The predicted molar refractivity (Wildman–Crippen MR) is 77.6 cm³/mol. The molecule has 1 rings (SSSR count). The topological polar surface area (TPSA) is 119 Å². The van der Waals surface area contributed by atoms with Crippen LogP contribution in [-0.4, -0.2) is 39.2 Å². The lowest BCUT2D eigenvalue weighted by Crippen LogP contribution is -2.26. The monoisotopic (exact) mass is 316 g/mol. The second kappa shape index (κ2) is 7.39. The number of benzene rings is 1. The molecule has 1 aromatic carbocycles. The van der Waals surface area contributed by atoms with Crippen molar-refractivity contribution in [2.75, 3.05) is 13.7 Å². The standard InChI is InChI=1S/C13H20N2O5S/c1-9(16)4-3-7-15-21(18,19)10-5-6-12(20-2)11(8-10)13(14)17/h5-6,8-9,15-16H,3-4,7H2,1-2H3,(H2,14,17). The lowest BCUT2D eigenvalue weighted by atomic mass is 10.2. The van der Waals surface area contributed by atoms with Gasteiger partial charge in [0.15, 0.2) is 0 Å². The molecule has 118 valence electrons. The van der Waals surface area contributed by atoms with E-state index in [-0.39, 0.29) is 22.8 Å². The third-order valence-corrected chi connectivity index (χ3v) is 4.30. The van der Waals surface area contributed by atoms with Crippen molar-refractivity contribution in [1.29, 1.82) is 0 Å². The summed E-state index contributed by atoms with van der Waals surface area (Å²) in [5.74, 6) is -0.548. The van der Waals surface area contributed by atoms with Gasteiger partial charge in [0, 0.05) is 6.54 Å². The Bertz CT molecular complexity index is 599. The summed E-state index contributed by atoms with van der Waals surface area (Å²) < 4.78 is 31.5. The fourth-order valence-corrected chi connectivity index (χ4v) is 2.83. The van der Waals surface area contributed by atoms with Crippen LogP contribution in [0.3, 0.4) is 0 Å². The van der Waals surface area contributed by atoms with Crippen LogP contribution in [0.15, 0.2) is 23.1 Å². The zero-order valence-electron chi connectivity index (χ0n) is 12.0. The highest BCUT2D eigenvalue weighted by molar-refractivity contribution is 7.89. The molecule has 0 fully saturated rings. The Morgan fingerprint density at radius 3 is 2.67 bits per heavy atom. The van der Waals surface area contributed by atoms with Crippen LogP contribution in [0.1, 0.15) is 30.1 Å². The molecule has 0 aromatic heterocycles. The summed E-state index contributed by atoms with van der Waals surface area (Å²) in [7, 11) is -2.37. The third-order valence-electron chi connectivity index (χ3n) is 2.84. The summed E-state index contributed by atoms with van der Waals surface area (Å²) in [6.45, 7) is 1.84. The molecule has 0 heterocycles. The molecule has 1 amide bonds. The first-order chi connectivity index (χ1) is 9.77. The van der Waals surface area contributed by atoms with Gasteiger partial charge in [0.1, 0.15) is 5.75 Å². The number of sulfonamides is 1. The number of rotatable bonds is 8. The Kier molecular flexibility index (Phi) is 6.13. The van der Waals surface area contributed by atoms with E-state index in [1.807, 2.05) is 0 Å². The van der Waals surface area contributed by atoms with Crippen molar-refractivity contribution in [3.05, 3.63) is 23.8 Å². The quantitative estimate of drug-likeness (QED) is 0.593. The molecule has 0 aliphatic carbocycles. The minimum absolute atomic E-state index is 0.00403. The Morgan fingerprint density at radius 2 is 2.14 bits per heavy atom. The van der Waals surface area contributed by atoms with Gasteiger partial charge in [-0.05, 0) is 38.0 Å². The van der Waals surface area contributed by atoms with Gasteiger partial charge in [-0.2, -0.15) is 0 Å². The number of hydrogen-bond acceptors (Lipinski definition) is 5. The molecule has 0 saturated carbocycles. The van der Waals surface area contributed by atoms with Crippen molar-refractivity contribution in [3.8, 4) is 5.75 Å². The van der Waals surface area contributed by atoms with Gasteiger partial charge in [0.25, 0.3) is 5.91 Å². The van der Waals surface area contributed by atoms with E-state index < -0.39 is 22.0 Å². The lowest BCUT2D eigenvalue weighted by Gasteiger charge is -2.10. The molecule has 0 spiro atoms. The predicted octanol–water partition coefficient (Wildman–Crippen LogP) is 0.233. The smallest absolute Gasteiger partial charge is 0.252 e. The van der Waals surface area contributed by atoms with Crippen molar-refractivity contribution < 1.29 is 23.1 Å². The number of ether oxygens (including phenoxy) is 1. The molecule has 0 bridgehead atoms. The third kappa shape index (κ3) is 5.00. The molecular formula is C13H20N2O5S. The van der Waals surface area contributed by atoms with E-state index in [9.17, 15) is 13.2 Å². The molecule has 21 heavy (non-hydrogen) atoms. The van der Waals surface area contributed by atoms with E-state index in [1.165, 1.54) is 25.3 Å². The van der Waals surface area contributed by atoms with Crippen LogP contribution in [0.2, 0.25) is 0 Å². The highest BCUT2D eigenvalue weighted by Gasteiger charge is 2.18. The zero-order valence-corrected chi connectivity index (χ0v) is 12.8. The van der Waals surface area contributed by atoms with Gasteiger partial charge in [-0.1, -0.05) is 0 Å². The number of carbonyl (C=O) groups excluding carboxylic acids is 1. The van der Waals surface area contributed by atoms with Crippen LogP contribution in [0.4, 0.5) is 0 Å². The van der Waals surface area contributed by atoms with Crippen LogP contribution in [0, 0.1) is 0 Å². The first-order valence-corrected chi connectivity index (χ1v) is 7.92. The van der Waals surface area contributed by atoms with E-state index in [0.29, 0.717) is 12.8 Å². The van der Waals surface area contributed by atoms with Crippen molar-refractivity contribution in [1.82, 2.24) is 4.72 Å². The summed E-state index contributed by atoms with van der Waals surface area (Å²) in [5.41, 5.74) is 5.20. The highest BCUT2D eigenvalue weighted by Crippen LogP contribution is 2.21. The molecule has 0 saturated heterocycles. The van der Waals surface area contributed by atoms with Crippen molar-refractivity contribution >= 4 is 15.9 Å². The number of hydrogen-bond donors (Lipinski definition) is 3. The summed E-state index contributed by atoms with van der Waals surface area (Å²) in [6, 6.07) is 3.89. The summed E-state index contributed by atoms with van der Waals surface area (Å²) in [4.78, 5) is 11.2. The second-order valence-electron chi connectivity index (χ2n) is 4.62. The fourth-order valence-electron chi connectivity index (χ4n) is 1.73. The highest BCUT2D eigenvalue weighted by atomic mass is 32.2. The van der Waals surface area contributed by atoms with E-state index in [2.05, 4.69) is 4.72 Å². The normalized spacial score (nSPS) is 12.9. The van der Waals surface area contributed by atoms with Crippen LogP contribution in [0.5, 0.6) is 5.75 Å². The fraction of sp³-hybridized carbons (Fsp3) is 0.462. The van der Waals surface area contributed by atoms with E-state index in [4.69, 9.17) is 15.6 Å². The first-order valence-electron chi connectivity index (χ1n) is 6.43. The maximum Gasteiger partial charge on any atom is 0.252 e. The van der Waals surface area contributed by atoms with E-state index in [1.54, 1.807) is 6.92 Å². The number of aliphatic hydroxyl groups excluding tert-OH is 1. The van der Waals surface area contributed by atoms with Crippen LogP contribution in [-0.2, 0) is 10.0 Å². The van der Waals surface area contributed by atoms with Gasteiger partial charge in [0.2, 0.25) is 10.0 Å². The molecular weight excluding hydrogens is 296 g/mol. The Hall–Kier alpha value is -1.64. The minimum Gasteiger partial charge on any atom is -0.496 e. The number of nitrogens with one attached hydrogen (secondary N) is 1. The lowest BCUT2D eigenvalue weighted by molar-refractivity contribution is 0.0997. The van der Waals surface area contributed by atoms with Crippen LogP contribution in [0.25, 0.3) is 0 Å². The number of carbonyl (C=O) groups is 1. The van der Waals surface area contributed by atoms with Gasteiger partial charge in [-0.3, -0.25) is 4.79 Å². The number of aliphatic hydroxyl groups is 1. The van der Waals surface area contributed by atoms with Gasteiger partial charge < -0.3 is 15.6 Å². The van der Waals surface area contributed by atoms with Gasteiger partial charge in [0.05, 0.1) is 23.7 Å². The number of methoxy groups -OCH3 is 1.